The number of carboxylic acids is 2. The third kappa shape index (κ3) is 6.36. The van der Waals surface area contributed by atoms with Gasteiger partial charge in [0.25, 0.3) is 5.91 Å². The van der Waals surface area contributed by atoms with E-state index < -0.39 is 35.6 Å². The van der Waals surface area contributed by atoms with Crippen LogP contribution < -0.4 is 11.1 Å². The lowest BCUT2D eigenvalue weighted by atomic mass is 9.95. The molecule has 33 heavy (non-hydrogen) atoms. The number of hydrogen-bond donors (Lipinski definition) is 4. The summed E-state index contributed by atoms with van der Waals surface area (Å²) < 4.78 is 0. The van der Waals surface area contributed by atoms with Gasteiger partial charge >= 0.3 is 11.9 Å². The van der Waals surface area contributed by atoms with E-state index >= 15 is 0 Å². The maximum Gasteiger partial charge on any atom is 0.374 e. The second-order valence-electron chi connectivity index (χ2n) is 7.72. The highest BCUT2D eigenvalue weighted by Crippen LogP contribution is 2.21. The Morgan fingerprint density at radius 3 is 2.21 bits per heavy atom. The number of nitrogen functional groups attached to an aromatic ring is 1. The van der Waals surface area contributed by atoms with Crippen molar-refractivity contribution in [1.82, 2.24) is 15.3 Å². The number of anilines is 1. The minimum absolute atomic E-state index is 0.153. The maximum absolute atomic E-state index is 12.8. The SMILES string of the molecule is C[C@H](C[C@@H](Cc1ccc(-c2ccccc2)cc1)NC(=O)c1cc(N)nc(C(=O)O)n1)C(=O)O. The molecular formula is C24H24N4O5. The van der Waals surface area contributed by atoms with Crippen molar-refractivity contribution >= 4 is 23.7 Å². The highest BCUT2D eigenvalue weighted by molar-refractivity contribution is 5.94. The molecule has 0 saturated carbocycles. The van der Waals surface area contributed by atoms with E-state index in [2.05, 4.69) is 15.3 Å². The van der Waals surface area contributed by atoms with Crippen LogP contribution in [-0.4, -0.2) is 44.1 Å². The van der Waals surface area contributed by atoms with E-state index in [0.717, 1.165) is 16.7 Å². The van der Waals surface area contributed by atoms with Gasteiger partial charge in [0.1, 0.15) is 11.5 Å². The van der Waals surface area contributed by atoms with Gasteiger partial charge in [-0.15, -0.1) is 0 Å². The fraction of sp³-hybridized carbons (Fsp3) is 0.208. The first-order valence-corrected chi connectivity index (χ1v) is 10.3. The number of nitrogens with one attached hydrogen (secondary N) is 1. The zero-order valence-electron chi connectivity index (χ0n) is 17.9. The highest BCUT2D eigenvalue weighted by atomic mass is 16.4. The zero-order valence-corrected chi connectivity index (χ0v) is 17.9. The van der Waals surface area contributed by atoms with E-state index in [9.17, 15) is 19.5 Å². The summed E-state index contributed by atoms with van der Waals surface area (Å²) in [6.45, 7) is 1.56. The van der Waals surface area contributed by atoms with E-state index in [1.807, 2.05) is 54.6 Å². The van der Waals surface area contributed by atoms with Crippen LogP contribution in [0.2, 0.25) is 0 Å². The Balaban J connectivity index is 1.79. The molecule has 0 saturated heterocycles. The van der Waals surface area contributed by atoms with Gasteiger partial charge in [0.2, 0.25) is 5.82 Å². The van der Waals surface area contributed by atoms with Crippen LogP contribution in [0.1, 0.15) is 40.0 Å². The lowest BCUT2D eigenvalue weighted by Crippen LogP contribution is -2.39. The summed E-state index contributed by atoms with van der Waals surface area (Å²) in [5.74, 6) is -4.50. The van der Waals surface area contributed by atoms with Gasteiger partial charge in [-0.25, -0.2) is 14.8 Å². The van der Waals surface area contributed by atoms with Crippen LogP contribution in [0.5, 0.6) is 0 Å². The second kappa shape index (κ2) is 10.4. The Hall–Kier alpha value is -4.27. The predicted molar refractivity (Wildman–Crippen MR) is 122 cm³/mol. The van der Waals surface area contributed by atoms with Crippen molar-refractivity contribution in [3.63, 3.8) is 0 Å². The summed E-state index contributed by atoms with van der Waals surface area (Å²) >= 11 is 0. The number of aromatic carboxylic acids is 1. The number of nitrogens with two attached hydrogens (primary N) is 1. The number of carbonyl (C=O) groups excluding carboxylic acids is 1. The van der Waals surface area contributed by atoms with Crippen LogP contribution in [-0.2, 0) is 11.2 Å². The second-order valence-corrected chi connectivity index (χ2v) is 7.72. The van der Waals surface area contributed by atoms with Crippen molar-refractivity contribution in [3.05, 3.63) is 77.7 Å². The van der Waals surface area contributed by atoms with Crippen LogP contribution in [0.15, 0.2) is 60.7 Å². The molecule has 0 radical (unpaired) electrons. The Labute approximate surface area is 190 Å². The fourth-order valence-electron chi connectivity index (χ4n) is 3.41. The number of hydrogen-bond acceptors (Lipinski definition) is 6. The minimum atomic E-state index is -1.41. The first-order valence-electron chi connectivity index (χ1n) is 10.3. The Morgan fingerprint density at radius 2 is 1.61 bits per heavy atom. The number of carboxylic acid groups (broad SMARTS) is 2. The molecule has 3 aromatic rings. The van der Waals surface area contributed by atoms with E-state index in [1.165, 1.54) is 6.07 Å². The summed E-state index contributed by atoms with van der Waals surface area (Å²) in [6, 6.07) is 18.3. The summed E-state index contributed by atoms with van der Waals surface area (Å²) in [4.78, 5) is 42.6. The Morgan fingerprint density at radius 1 is 0.970 bits per heavy atom. The predicted octanol–water partition coefficient (Wildman–Crippen LogP) is 2.88. The third-order valence-corrected chi connectivity index (χ3v) is 5.11. The van der Waals surface area contributed by atoms with Crippen LogP contribution in [0.25, 0.3) is 11.1 Å². The molecule has 5 N–H and O–H groups in total. The molecule has 9 nitrogen and oxygen atoms in total. The molecular weight excluding hydrogens is 424 g/mol. The average Bonchev–Trinajstić information content (AvgIpc) is 2.79. The maximum atomic E-state index is 12.8. The largest absolute Gasteiger partial charge is 0.481 e. The van der Waals surface area contributed by atoms with Crippen LogP contribution >= 0.6 is 0 Å². The molecule has 1 heterocycles. The number of benzene rings is 2. The fourth-order valence-corrected chi connectivity index (χ4v) is 3.41. The molecule has 0 fully saturated rings. The van der Waals surface area contributed by atoms with Crippen molar-refractivity contribution in [2.75, 3.05) is 5.73 Å². The molecule has 3 rings (SSSR count). The van der Waals surface area contributed by atoms with Gasteiger partial charge in [0, 0.05) is 12.1 Å². The van der Waals surface area contributed by atoms with Gasteiger partial charge in [-0.2, -0.15) is 0 Å². The molecule has 1 amide bonds. The van der Waals surface area contributed by atoms with Crippen molar-refractivity contribution in [2.24, 2.45) is 5.92 Å². The first-order chi connectivity index (χ1) is 15.7. The molecule has 0 spiro atoms. The van der Waals surface area contributed by atoms with Crippen LogP contribution in [0.4, 0.5) is 5.82 Å². The molecule has 9 heteroatoms. The van der Waals surface area contributed by atoms with Crippen molar-refractivity contribution in [1.29, 1.82) is 0 Å². The standard InChI is InChI=1S/C24H24N4O5/c1-14(23(30)31)11-18(26-22(29)19-13-20(25)28-21(27-19)24(32)33)12-15-7-9-17(10-8-15)16-5-3-2-4-6-16/h2-10,13-14,18H,11-12H2,1H3,(H,26,29)(H,30,31)(H,32,33)(H2,25,27,28)/t14-,18+/m1/s1. The number of carbonyl (C=O) groups is 3. The van der Waals surface area contributed by atoms with Gasteiger partial charge in [0.15, 0.2) is 0 Å². The molecule has 0 aliphatic heterocycles. The smallest absolute Gasteiger partial charge is 0.374 e. The van der Waals surface area contributed by atoms with E-state index in [-0.39, 0.29) is 17.9 Å². The number of amides is 1. The molecule has 170 valence electrons. The Kier molecular flexibility index (Phi) is 7.34. The molecule has 0 bridgehead atoms. The van der Waals surface area contributed by atoms with Gasteiger partial charge in [0.05, 0.1) is 5.92 Å². The van der Waals surface area contributed by atoms with E-state index in [0.29, 0.717) is 6.42 Å². The topological polar surface area (TPSA) is 156 Å². The average molecular weight is 448 g/mol. The summed E-state index contributed by atoms with van der Waals surface area (Å²) in [7, 11) is 0. The van der Waals surface area contributed by atoms with Gasteiger partial charge in [-0.05, 0) is 29.5 Å². The minimum Gasteiger partial charge on any atom is -0.481 e. The quantitative estimate of drug-likeness (QED) is 0.389. The molecule has 0 aliphatic carbocycles. The molecule has 1 aromatic heterocycles. The number of nitrogens with zero attached hydrogens (tertiary/aromatic N) is 2. The van der Waals surface area contributed by atoms with Crippen molar-refractivity contribution < 1.29 is 24.6 Å². The first kappa shape index (κ1) is 23.4. The highest BCUT2D eigenvalue weighted by Gasteiger charge is 2.23. The van der Waals surface area contributed by atoms with Crippen LogP contribution in [0.3, 0.4) is 0 Å². The van der Waals surface area contributed by atoms with Gasteiger partial charge in [-0.1, -0.05) is 61.5 Å². The summed E-state index contributed by atoms with van der Waals surface area (Å²) in [5.41, 5.74) is 8.42. The van der Waals surface area contributed by atoms with E-state index in [1.54, 1.807) is 6.92 Å². The van der Waals surface area contributed by atoms with Gasteiger partial charge in [-0.3, -0.25) is 9.59 Å². The number of aliphatic carboxylic acids is 1. The van der Waals surface area contributed by atoms with Crippen LogP contribution in [0, 0.1) is 5.92 Å². The normalized spacial score (nSPS) is 12.5. The molecule has 0 aliphatic rings. The third-order valence-electron chi connectivity index (χ3n) is 5.11. The van der Waals surface area contributed by atoms with Crippen molar-refractivity contribution in [3.8, 4) is 11.1 Å². The van der Waals surface area contributed by atoms with Crippen molar-refractivity contribution in [2.45, 2.75) is 25.8 Å². The zero-order chi connectivity index (χ0) is 24.0. The molecule has 2 atom stereocenters. The lowest BCUT2D eigenvalue weighted by molar-refractivity contribution is -0.141. The summed E-state index contributed by atoms with van der Waals surface area (Å²) in [5, 5.41) is 21.2. The summed E-state index contributed by atoms with van der Waals surface area (Å²) in [6.07, 6.45) is 0.554. The number of rotatable bonds is 9. The lowest BCUT2D eigenvalue weighted by Gasteiger charge is -2.21. The van der Waals surface area contributed by atoms with E-state index in [4.69, 9.17) is 10.8 Å². The Bertz CT molecular complexity index is 1150. The molecule has 2 aromatic carbocycles. The number of aromatic nitrogens is 2. The molecule has 0 unspecified atom stereocenters. The monoisotopic (exact) mass is 448 g/mol. The van der Waals surface area contributed by atoms with Gasteiger partial charge < -0.3 is 21.3 Å².